The topological polar surface area (TPSA) is 48.0 Å². The van der Waals surface area contributed by atoms with Crippen LogP contribution in [0.3, 0.4) is 0 Å². The number of hydrogen-bond acceptors (Lipinski definition) is 4. The summed E-state index contributed by atoms with van der Waals surface area (Å²) in [7, 11) is -3.99. The van der Waals surface area contributed by atoms with Crippen LogP contribution in [0.5, 0.6) is 0 Å². The molecule has 30 heavy (non-hydrogen) atoms. The summed E-state index contributed by atoms with van der Waals surface area (Å²) in [5.41, 5.74) is -0.553. The minimum Gasteiger partial charge on any atom is -0.443 e. The number of ether oxygens (including phenoxy) is 1. The SMILES string of the molecule is CC(C)(C)OC(=O)N1C=CC[C@H](O[Si](C)(C)C(C)(C)C)[C@H]1CO[Si](C)(C)C(C)(C)C. The molecule has 0 aromatic carbocycles. The lowest BCUT2D eigenvalue weighted by atomic mass is 10.0. The number of amides is 1. The largest absolute Gasteiger partial charge is 0.443 e. The van der Waals surface area contributed by atoms with E-state index in [1.54, 1.807) is 4.90 Å². The van der Waals surface area contributed by atoms with E-state index in [9.17, 15) is 4.79 Å². The summed E-state index contributed by atoms with van der Waals surface area (Å²) in [6, 6.07) is -0.201. The van der Waals surface area contributed by atoms with Gasteiger partial charge in [-0.15, -0.1) is 0 Å². The van der Waals surface area contributed by atoms with Crippen molar-refractivity contribution in [2.24, 2.45) is 0 Å². The Morgan fingerprint density at radius 1 is 0.933 bits per heavy atom. The summed E-state index contributed by atoms with van der Waals surface area (Å²) < 4.78 is 19.1. The van der Waals surface area contributed by atoms with Crippen LogP contribution in [-0.2, 0) is 13.6 Å². The van der Waals surface area contributed by atoms with E-state index in [2.05, 4.69) is 67.7 Å². The van der Waals surface area contributed by atoms with Crippen molar-refractivity contribution in [1.82, 2.24) is 4.90 Å². The summed E-state index contributed by atoms with van der Waals surface area (Å²) >= 11 is 0. The molecule has 1 aliphatic rings. The lowest BCUT2D eigenvalue weighted by Gasteiger charge is -2.46. The summed E-state index contributed by atoms with van der Waals surface area (Å²) in [6.45, 7) is 28.6. The molecular formula is C23H47NO4Si2. The molecule has 5 nitrogen and oxygen atoms in total. The van der Waals surface area contributed by atoms with Crippen LogP contribution in [0, 0.1) is 0 Å². The summed E-state index contributed by atoms with van der Waals surface area (Å²) in [4.78, 5) is 14.7. The quantitative estimate of drug-likeness (QED) is 0.420. The Hall–Kier alpha value is -0.636. The van der Waals surface area contributed by atoms with Gasteiger partial charge in [0.25, 0.3) is 0 Å². The summed E-state index contributed by atoms with van der Waals surface area (Å²) in [5.74, 6) is 0. The van der Waals surface area contributed by atoms with Crippen molar-refractivity contribution in [3.8, 4) is 0 Å². The van der Waals surface area contributed by atoms with Gasteiger partial charge in [-0.1, -0.05) is 47.6 Å². The van der Waals surface area contributed by atoms with Crippen LogP contribution in [0.15, 0.2) is 12.3 Å². The first-order valence-electron chi connectivity index (χ1n) is 11.2. The van der Waals surface area contributed by atoms with E-state index in [0.717, 1.165) is 6.42 Å². The van der Waals surface area contributed by atoms with E-state index in [1.165, 1.54) is 0 Å². The molecule has 0 radical (unpaired) electrons. The van der Waals surface area contributed by atoms with Crippen LogP contribution in [0.1, 0.15) is 68.7 Å². The molecule has 0 aliphatic carbocycles. The molecule has 0 N–H and O–H groups in total. The van der Waals surface area contributed by atoms with E-state index in [0.29, 0.717) is 6.61 Å². The third-order valence-corrected chi connectivity index (χ3v) is 15.7. The van der Waals surface area contributed by atoms with Crippen LogP contribution in [0.2, 0.25) is 36.3 Å². The molecule has 0 saturated carbocycles. The molecule has 1 aliphatic heterocycles. The van der Waals surface area contributed by atoms with Crippen LogP contribution in [0.25, 0.3) is 0 Å². The molecule has 2 atom stereocenters. The minimum absolute atomic E-state index is 0.0930. The van der Waals surface area contributed by atoms with Crippen LogP contribution < -0.4 is 0 Å². The van der Waals surface area contributed by atoms with E-state index in [4.69, 9.17) is 13.6 Å². The second-order valence-corrected chi connectivity index (χ2v) is 22.1. The maximum absolute atomic E-state index is 13.0. The van der Waals surface area contributed by atoms with Crippen molar-refractivity contribution in [2.45, 2.75) is 123 Å². The Labute approximate surface area is 187 Å². The van der Waals surface area contributed by atoms with Crippen molar-refractivity contribution in [1.29, 1.82) is 0 Å². The normalized spacial score (nSPS) is 21.7. The molecule has 0 saturated heterocycles. The predicted molar refractivity (Wildman–Crippen MR) is 131 cm³/mol. The third-order valence-electron chi connectivity index (χ3n) is 6.70. The monoisotopic (exact) mass is 457 g/mol. The Morgan fingerprint density at radius 2 is 1.43 bits per heavy atom. The molecule has 1 rings (SSSR count). The zero-order valence-corrected chi connectivity index (χ0v) is 23.8. The number of carbonyl (C=O) groups excluding carboxylic acids is 1. The van der Waals surface area contributed by atoms with E-state index in [-0.39, 0.29) is 28.3 Å². The summed E-state index contributed by atoms with van der Waals surface area (Å²) in [6.07, 6.45) is 4.19. The van der Waals surface area contributed by atoms with Crippen molar-refractivity contribution >= 4 is 22.7 Å². The minimum atomic E-state index is -2.01. The van der Waals surface area contributed by atoms with Gasteiger partial charge in [-0.3, -0.25) is 4.90 Å². The molecule has 0 spiro atoms. The van der Waals surface area contributed by atoms with Gasteiger partial charge >= 0.3 is 6.09 Å². The van der Waals surface area contributed by atoms with Crippen LogP contribution >= 0.6 is 0 Å². The van der Waals surface area contributed by atoms with Gasteiger partial charge in [0.1, 0.15) is 5.60 Å². The van der Waals surface area contributed by atoms with Crippen molar-refractivity contribution in [3.05, 3.63) is 12.3 Å². The third kappa shape index (κ3) is 7.21. The highest BCUT2D eigenvalue weighted by molar-refractivity contribution is 6.74. The lowest BCUT2D eigenvalue weighted by Crippen LogP contribution is -2.56. The fourth-order valence-electron chi connectivity index (χ4n) is 2.65. The molecule has 176 valence electrons. The van der Waals surface area contributed by atoms with Gasteiger partial charge in [0.05, 0.1) is 18.8 Å². The van der Waals surface area contributed by atoms with Crippen LogP contribution in [-0.4, -0.2) is 52.0 Å². The predicted octanol–water partition coefficient (Wildman–Crippen LogP) is 6.92. The Bertz CT molecular complexity index is 625. The molecule has 0 bridgehead atoms. The average molecular weight is 458 g/mol. The Balaban J connectivity index is 3.20. The fourth-order valence-corrected chi connectivity index (χ4v) is 5.03. The van der Waals surface area contributed by atoms with Crippen molar-refractivity contribution in [3.63, 3.8) is 0 Å². The number of carbonyl (C=O) groups is 1. The van der Waals surface area contributed by atoms with Crippen LogP contribution in [0.4, 0.5) is 4.79 Å². The maximum Gasteiger partial charge on any atom is 0.414 e. The second kappa shape index (κ2) is 9.08. The van der Waals surface area contributed by atoms with Gasteiger partial charge in [-0.2, -0.15) is 0 Å². The second-order valence-electron chi connectivity index (χ2n) is 12.6. The van der Waals surface area contributed by atoms with Gasteiger partial charge in [0.2, 0.25) is 0 Å². The highest BCUT2D eigenvalue weighted by Crippen LogP contribution is 2.40. The molecule has 0 aromatic rings. The molecule has 7 heteroatoms. The maximum atomic E-state index is 13.0. The highest BCUT2D eigenvalue weighted by Gasteiger charge is 2.45. The molecule has 1 heterocycles. The molecule has 1 amide bonds. The number of rotatable bonds is 5. The number of nitrogens with zero attached hydrogens (tertiary/aromatic N) is 1. The van der Waals surface area contributed by atoms with E-state index in [1.807, 2.05) is 33.0 Å². The van der Waals surface area contributed by atoms with Gasteiger partial charge in [0, 0.05) is 6.20 Å². The Kier molecular flexibility index (Phi) is 8.29. The number of hydrogen-bond donors (Lipinski definition) is 0. The summed E-state index contributed by atoms with van der Waals surface area (Å²) in [5, 5.41) is 0.194. The van der Waals surface area contributed by atoms with E-state index < -0.39 is 22.2 Å². The molecule has 0 aromatic heterocycles. The molecule has 0 fully saturated rings. The van der Waals surface area contributed by atoms with Gasteiger partial charge in [0.15, 0.2) is 16.6 Å². The van der Waals surface area contributed by atoms with Gasteiger partial charge in [-0.25, -0.2) is 4.79 Å². The average Bonchev–Trinajstić information content (AvgIpc) is 2.49. The standard InChI is InChI=1S/C23H47NO4Si2/c1-21(2,3)27-20(25)24-16-14-15-19(28-30(12,13)23(7,8)9)18(24)17-26-29(10,11)22(4,5)6/h14,16,18-19H,15,17H2,1-13H3/t18-,19+/m1/s1. The van der Waals surface area contributed by atoms with Gasteiger partial charge < -0.3 is 13.6 Å². The van der Waals surface area contributed by atoms with Gasteiger partial charge in [-0.05, 0) is 63.5 Å². The van der Waals surface area contributed by atoms with E-state index >= 15 is 0 Å². The molecular weight excluding hydrogens is 410 g/mol. The zero-order valence-electron chi connectivity index (χ0n) is 21.8. The first kappa shape index (κ1) is 27.4. The Morgan fingerprint density at radius 3 is 1.87 bits per heavy atom. The lowest BCUT2D eigenvalue weighted by molar-refractivity contribution is -0.00324. The smallest absolute Gasteiger partial charge is 0.414 e. The first-order chi connectivity index (χ1) is 13.2. The zero-order chi connectivity index (χ0) is 23.8. The molecule has 0 unspecified atom stereocenters. The first-order valence-corrected chi connectivity index (χ1v) is 17.0. The highest BCUT2D eigenvalue weighted by atomic mass is 28.4. The fraction of sp³-hybridized carbons (Fsp3) is 0.870. The van der Waals surface area contributed by atoms with Crippen molar-refractivity contribution in [2.75, 3.05) is 6.61 Å². The van der Waals surface area contributed by atoms with Crippen molar-refractivity contribution < 1.29 is 18.4 Å².